The van der Waals surface area contributed by atoms with Gasteiger partial charge in [0.2, 0.25) is 6.79 Å². The lowest BCUT2D eigenvalue weighted by atomic mass is 9.74. The summed E-state index contributed by atoms with van der Waals surface area (Å²) in [5, 5.41) is 0. The van der Waals surface area contributed by atoms with E-state index in [2.05, 4.69) is 26.8 Å². The molecule has 0 saturated carbocycles. The molecule has 0 radical (unpaired) electrons. The van der Waals surface area contributed by atoms with Gasteiger partial charge >= 0.3 is 0 Å². The van der Waals surface area contributed by atoms with Crippen LogP contribution in [0.4, 0.5) is 0 Å². The molecule has 1 aromatic rings. The molecule has 118 valence electrons. The van der Waals surface area contributed by atoms with Crippen LogP contribution < -0.4 is 9.47 Å². The van der Waals surface area contributed by atoms with Gasteiger partial charge < -0.3 is 9.47 Å². The highest BCUT2D eigenvalue weighted by molar-refractivity contribution is 6.17. The summed E-state index contributed by atoms with van der Waals surface area (Å²) in [5.41, 5.74) is 2.82. The van der Waals surface area contributed by atoms with Gasteiger partial charge in [0, 0.05) is 11.4 Å². The number of alkyl halides is 1. The molecular formula is C18H27ClO2. The molecule has 2 atom stereocenters. The zero-order valence-corrected chi connectivity index (χ0v) is 14.2. The van der Waals surface area contributed by atoms with Gasteiger partial charge in [0.05, 0.1) is 0 Å². The summed E-state index contributed by atoms with van der Waals surface area (Å²) in [6.45, 7) is 6.97. The number of ether oxygens (including phenoxy) is 2. The minimum Gasteiger partial charge on any atom is -0.454 e. The van der Waals surface area contributed by atoms with Crippen LogP contribution in [0.25, 0.3) is 0 Å². The average molecular weight is 311 g/mol. The Balaban J connectivity index is 0.000000497. The second-order valence-electron chi connectivity index (χ2n) is 6.12. The SMILES string of the molecule is CCC.C[C@@H]1Cc2ccc3c(c2C[C@H]1CCCCl)OCO3. The minimum absolute atomic E-state index is 0.369. The van der Waals surface area contributed by atoms with Crippen LogP contribution in [0.3, 0.4) is 0 Å². The number of hydrogen-bond donors (Lipinski definition) is 0. The third-order valence-corrected chi connectivity index (χ3v) is 4.53. The molecule has 3 rings (SSSR count). The molecule has 3 heteroatoms. The van der Waals surface area contributed by atoms with Gasteiger partial charge in [0.1, 0.15) is 0 Å². The molecule has 0 spiro atoms. The van der Waals surface area contributed by atoms with Gasteiger partial charge in [-0.1, -0.05) is 33.3 Å². The predicted octanol–water partition coefficient (Wildman–Crippen LogP) is 5.20. The number of rotatable bonds is 3. The number of halogens is 1. The fourth-order valence-corrected chi connectivity index (χ4v) is 3.34. The van der Waals surface area contributed by atoms with E-state index in [-0.39, 0.29) is 0 Å². The van der Waals surface area contributed by atoms with Gasteiger partial charge in [-0.2, -0.15) is 0 Å². The summed E-state index contributed by atoms with van der Waals surface area (Å²) in [4.78, 5) is 0. The highest BCUT2D eigenvalue weighted by Crippen LogP contribution is 2.43. The van der Waals surface area contributed by atoms with Crippen molar-refractivity contribution in [3.8, 4) is 11.5 Å². The molecule has 1 aromatic carbocycles. The van der Waals surface area contributed by atoms with Crippen molar-refractivity contribution in [3.63, 3.8) is 0 Å². The zero-order chi connectivity index (χ0) is 15.2. The molecule has 0 aromatic heterocycles. The first-order valence-corrected chi connectivity index (χ1v) is 8.70. The highest BCUT2D eigenvalue weighted by Gasteiger charge is 2.30. The number of fused-ring (bicyclic) bond motifs is 3. The third-order valence-electron chi connectivity index (χ3n) is 4.26. The Kier molecular flexibility index (Phi) is 6.22. The Hall–Kier alpha value is -0.890. The van der Waals surface area contributed by atoms with Gasteiger partial charge in [0.25, 0.3) is 0 Å². The van der Waals surface area contributed by atoms with E-state index in [1.807, 2.05) is 6.07 Å². The Morgan fingerprint density at radius 3 is 2.67 bits per heavy atom. The molecule has 0 N–H and O–H groups in total. The van der Waals surface area contributed by atoms with Crippen LogP contribution in [0, 0.1) is 11.8 Å². The van der Waals surface area contributed by atoms with Crippen molar-refractivity contribution in [1.29, 1.82) is 0 Å². The molecule has 0 saturated heterocycles. The Bertz CT molecular complexity index is 459. The predicted molar refractivity (Wildman–Crippen MR) is 88.5 cm³/mol. The first-order valence-electron chi connectivity index (χ1n) is 8.17. The highest BCUT2D eigenvalue weighted by atomic mass is 35.5. The molecule has 0 fully saturated rings. The van der Waals surface area contributed by atoms with Crippen molar-refractivity contribution in [2.75, 3.05) is 12.7 Å². The van der Waals surface area contributed by atoms with Crippen LogP contribution in [0.2, 0.25) is 0 Å². The Morgan fingerprint density at radius 2 is 1.95 bits per heavy atom. The normalized spacial score (nSPS) is 22.3. The van der Waals surface area contributed by atoms with Crippen molar-refractivity contribution < 1.29 is 9.47 Å². The molecule has 1 heterocycles. The van der Waals surface area contributed by atoms with Crippen LogP contribution in [0.5, 0.6) is 11.5 Å². The maximum absolute atomic E-state index is 5.82. The summed E-state index contributed by atoms with van der Waals surface area (Å²) in [6, 6.07) is 4.25. The fourth-order valence-electron chi connectivity index (χ4n) is 3.19. The van der Waals surface area contributed by atoms with Gasteiger partial charge in [0.15, 0.2) is 11.5 Å². The first-order chi connectivity index (χ1) is 10.2. The maximum atomic E-state index is 5.82. The molecule has 0 bridgehead atoms. The van der Waals surface area contributed by atoms with E-state index in [0.717, 1.165) is 48.5 Å². The summed E-state index contributed by atoms with van der Waals surface area (Å²) >= 11 is 5.82. The summed E-state index contributed by atoms with van der Waals surface area (Å²) in [6.07, 6.45) is 5.84. The Morgan fingerprint density at radius 1 is 1.19 bits per heavy atom. The zero-order valence-electron chi connectivity index (χ0n) is 13.5. The van der Waals surface area contributed by atoms with Crippen LogP contribution in [-0.2, 0) is 12.8 Å². The molecule has 0 unspecified atom stereocenters. The third kappa shape index (κ3) is 3.85. The second-order valence-corrected chi connectivity index (χ2v) is 6.50. The minimum atomic E-state index is 0.369. The van der Waals surface area contributed by atoms with Gasteiger partial charge in [-0.25, -0.2) is 0 Å². The van der Waals surface area contributed by atoms with Gasteiger partial charge in [-0.3, -0.25) is 0 Å². The van der Waals surface area contributed by atoms with E-state index in [0.29, 0.717) is 6.79 Å². The summed E-state index contributed by atoms with van der Waals surface area (Å²) in [7, 11) is 0. The Labute approximate surface area is 133 Å². The molecule has 21 heavy (non-hydrogen) atoms. The molecule has 1 aliphatic carbocycles. The quantitative estimate of drug-likeness (QED) is 0.714. The topological polar surface area (TPSA) is 18.5 Å². The summed E-state index contributed by atoms with van der Waals surface area (Å²) in [5.74, 6) is 4.14. The van der Waals surface area contributed by atoms with E-state index < -0.39 is 0 Å². The van der Waals surface area contributed by atoms with E-state index >= 15 is 0 Å². The first kappa shape index (κ1) is 16.5. The molecule has 2 nitrogen and oxygen atoms in total. The number of hydrogen-bond acceptors (Lipinski definition) is 2. The lowest BCUT2D eigenvalue weighted by molar-refractivity contribution is 0.172. The van der Waals surface area contributed by atoms with E-state index in [9.17, 15) is 0 Å². The number of benzene rings is 1. The van der Waals surface area contributed by atoms with Gasteiger partial charge in [-0.15, -0.1) is 11.6 Å². The van der Waals surface area contributed by atoms with Crippen LogP contribution in [-0.4, -0.2) is 12.7 Å². The van der Waals surface area contributed by atoms with Crippen LogP contribution in [0.15, 0.2) is 12.1 Å². The lowest BCUT2D eigenvalue weighted by Gasteiger charge is -2.31. The van der Waals surface area contributed by atoms with E-state index in [4.69, 9.17) is 21.1 Å². The van der Waals surface area contributed by atoms with Crippen molar-refractivity contribution in [1.82, 2.24) is 0 Å². The van der Waals surface area contributed by atoms with Crippen LogP contribution in [0.1, 0.15) is 51.2 Å². The standard InChI is InChI=1S/C15H19ClO2.C3H8/c1-10-7-12-4-5-14-15(18-9-17-14)13(12)8-11(10)3-2-6-16;1-3-2/h4-5,10-11H,2-3,6-9H2,1H3;3H2,1-2H3/t10-,11-;/m1./s1. The van der Waals surface area contributed by atoms with Crippen molar-refractivity contribution >= 4 is 11.6 Å². The van der Waals surface area contributed by atoms with Gasteiger partial charge in [-0.05, 0) is 49.1 Å². The van der Waals surface area contributed by atoms with Crippen LogP contribution >= 0.6 is 11.6 Å². The molecule has 0 amide bonds. The van der Waals surface area contributed by atoms with E-state index in [1.165, 1.54) is 24.0 Å². The molecule has 1 aliphatic heterocycles. The maximum Gasteiger partial charge on any atom is 0.231 e. The average Bonchev–Trinajstić information content (AvgIpc) is 2.94. The summed E-state index contributed by atoms with van der Waals surface area (Å²) < 4.78 is 11.1. The molecule has 2 aliphatic rings. The van der Waals surface area contributed by atoms with Crippen molar-refractivity contribution in [2.24, 2.45) is 11.8 Å². The second kappa shape index (κ2) is 7.93. The van der Waals surface area contributed by atoms with Crippen molar-refractivity contribution in [2.45, 2.75) is 52.9 Å². The van der Waals surface area contributed by atoms with E-state index in [1.54, 1.807) is 0 Å². The smallest absolute Gasteiger partial charge is 0.231 e. The fraction of sp³-hybridized carbons (Fsp3) is 0.667. The monoisotopic (exact) mass is 310 g/mol. The largest absolute Gasteiger partial charge is 0.454 e. The molecular weight excluding hydrogens is 284 g/mol. The lowest BCUT2D eigenvalue weighted by Crippen LogP contribution is -2.23. The van der Waals surface area contributed by atoms with Crippen molar-refractivity contribution in [3.05, 3.63) is 23.3 Å².